The second-order valence-corrected chi connectivity index (χ2v) is 7.89. The Morgan fingerprint density at radius 2 is 1.67 bits per heavy atom. The van der Waals surface area contributed by atoms with Crippen molar-refractivity contribution in [1.29, 1.82) is 0 Å². The Hall–Kier alpha value is -0.610. The van der Waals surface area contributed by atoms with Gasteiger partial charge in [-0.05, 0) is 71.6 Å². The van der Waals surface area contributed by atoms with Crippen LogP contribution in [-0.4, -0.2) is 41.5 Å². The first-order valence-corrected chi connectivity index (χ1v) is 8.62. The van der Waals surface area contributed by atoms with E-state index < -0.39 is 5.54 Å². The van der Waals surface area contributed by atoms with Crippen LogP contribution >= 0.6 is 0 Å². The summed E-state index contributed by atoms with van der Waals surface area (Å²) in [6.07, 6.45) is 6.31. The lowest BCUT2D eigenvalue weighted by molar-refractivity contribution is -0.125. The van der Waals surface area contributed by atoms with E-state index in [9.17, 15) is 4.79 Å². The van der Waals surface area contributed by atoms with Crippen molar-refractivity contribution >= 4 is 5.91 Å². The highest BCUT2D eigenvalue weighted by Gasteiger charge is 2.37. The molecule has 3 N–H and O–H groups in total. The quantitative estimate of drug-likeness (QED) is 0.649. The smallest absolute Gasteiger partial charge is 0.237 e. The topological polar surface area (TPSA) is 58.4 Å². The van der Waals surface area contributed by atoms with Crippen LogP contribution in [-0.2, 0) is 4.79 Å². The van der Waals surface area contributed by atoms with E-state index in [2.05, 4.69) is 31.0 Å². The highest BCUT2D eigenvalue weighted by molar-refractivity contribution is 5.84. The van der Waals surface area contributed by atoms with Gasteiger partial charge in [0.05, 0.1) is 5.54 Å². The van der Waals surface area contributed by atoms with E-state index in [1.165, 1.54) is 38.8 Å². The highest BCUT2D eigenvalue weighted by atomic mass is 16.1. The molecule has 4 nitrogen and oxygen atoms in total. The fourth-order valence-corrected chi connectivity index (χ4v) is 3.29. The predicted octanol–water partition coefficient (Wildman–Crippen LogP) is 2.13. The molecule has 2 fully saturated rings. The summed E-state index contributed by atoms with van der Waals surface area (Å²) in [7, 11) is 0. The van der Waals surface area contributed by atoms with Crippen LogP contribution in [0, 0.1) is 11.8 Å². The molecule has 2 rings (SSSR count). The van der Waals surface area contributed by atoms with Crippen LogP contribution < -0.4 is 11.1 Å². The molecule has 2 atom stereocenters. The first-order valence-electron chi connectivity index (χ1n) is 8.62. The van der Waals surface area contributed by atoms with E-state index >= 15 is 0 Å². The summed E-state index contributed by atoms with van der Waals surface area (Å²) in [6, 6.07) is 0.657. The van der Waals surface area contributed by atoms with Crippen LogP contribution in [0.1, 0.15) is 59.8 Å². The molecule has 0 aromatic carbocycles. The van der Waals surface area contributed by atoms with Gasteiger partial charge in [-0.1, -0.05) is 0 Å². The van der Waals surface area contributed by atoms with Crippen LogP contribution in [0.2, 0.25) is 0 Å². The van der Waals surface area contributed by atoms with Crippen molar-refractivity contribution in [2.75, 3.05) is 13.1 Å². The fraction of sp³-hybridized carbons (Fsp3) is 0.941. The number of primary amides is 1. The van der Waals surface area contributed by atoms with E-state index in [0.717, 1.165) is 18.3 Å². The lowest BCUT2D eigenvalue weighted by atomic mass is 9.91. The Bertz CT molecular complexity index is 349. The molecule has 2 saturated carbocycles. The lowest BCUT2D eigenvalue weighted by Crippen LogP contribution is -2.58. The van der Waals surface area contributed by atoms with Gasteiger partial charge in [0.1, 0.15) is 0 Å². The van der Waals surface area contributed by atoms with Gasteiger partial charge in [-0.25, -0.2) is 0 Å². The van der Waals surface area contributed by atoms with Gasteiger partial charge in [0.2, 0.25) is 5.91 Å². The van der Waals surface area contributed by atoms with E-state index in [1.54, 1.807) is 0 Å². The average molecular weight is 295 g/mol. The highest BCUT2D eigenvalue weighted by Crippen LogP contribution is 2.35. The zero-order chi connectivity index (χ0) is 15.6. The van der Waals surface area contributed by atoms with E-state index in [1.807, 2.05) is 6.92 Å². The minimum Gasteiger partial charge on any atom is -0.368 e. The van der Waals surface area contributed by atoms with Crippen LogP contribution in [0.3, 0.4) is 0 Å². The van der Waals surface area contributed by atoms with Gasteiger partial charge in [0.15, 0.2) is 0 Å². The first kappa shape index (κ1) is 16.8. The largest absolute Gasteiger partial charge is 0.368 e. The Kier molecular flexibility index (Phi) is 5.31. The molecule has 2 aliphatic rings. The van der Waals surface area contributed by atoms with Crippen molar-refractivity contribution in [3.63, 3.8) is 0 Å². The Balaban J connectivity index is 1.96. The zero-order valence-electron chi connectivity index (χ0n) is 14.2. The molecule has 1 amide bonds. The zero-order valence-corrected chi connectivity index (χ0v) is 14.2. The summed E-state index contributed by atoms with van der Waals surface area (Å²) in [5, 5.41) is 3.38. The Labute approximate surface area is 129 Å². The third-order valence-electron chi connectivity index (χ3n) is 4.86. The predicted molar refractivity (Wildman–Crippen MR) is 87.0 cm³/mol. The molecule has 122 valence electrons. The van der Waals surface area contributed by atoms with Crippen LogP contribution in [0.15, 0.2) is 0 Å². The molecular formula is C17H33N3O. The van der Waals surface area contributed by atoms with Crippen molar-refractivity contribution in [2.45, 2.75) is 77.4 Å². The summed E-state index contributed by atoms with van der Waals surface area (Å²) in [5.74, 6) is 1.55. The summed E-state index contributed by atoms with van der Waals surface area (Å²) in [6.45, 7) is 10.8. The number of hydrogen-bond acceptors (Lipinski definition) is 3. The second kappa shape index (κ2) is 6.66. The normalized spacial score (nSPS) is 23.3. The van der Waals surface area contributed by atoms with E-state index in [4.69, 9.17) is 5.73 Å². The standard InChI is InChI=1S/C17H33N3O/c1-12(2)19-17(4,16(18)21)9-13(3)20(10-14-5-6-14)11-15-7-8-15/h12-15,19H,5-11H2,1-4H3,(H2,18,21). The number of amides is 1. The fourth-order valence-electron chi connectivity index (χ4n) is 3.29. The maximum Gasteiger partial charge on any atom is 0.237 e. The molecule has 0 radical (unpaired) electrons. The van der Waals surface area contributed by atoms with Gasteiger partial charge in [-0.2, -0.15) is 0 Å². The molecular weight excluding hydrogens is 262 g/mol. The number of nitrogens with zero attached hydrogens (tertiary/aromatic N) is 1. The maximum atomic E-state index is 11.9. The third kappa shape index (κ3) is 5.26. The maximum absolute atomic E-state index is 11.9. The number of nitrogens with two attached hydrogens (primary N) is 1. The minimum atomic E-state index is -0.612. The van der Waals surface area contributed by atoms with Crippen LogP contribution in [0.5, 0.6) is 0 Å². The van der Waals surface area contributed by atoms with E-state index in [-0.39, 0.29) is 11.9 Å². The third-order valence-corrected chi connectivity index (χ3v) is 4.86. The first-order chi connectivity index (χ1) is 9.80. The van der Waals surface area contributed by atoms with Crippen molar-refractivity contribution in [3.8, 4) is 0 Å². The number of carbonyl (C=O) groups excluding carboxylic acids is 1. The second-order valence-electron chi connectivity index (χ2n) is 7.89. The summed E-state index contributed by atoms with van der Waals surface area (Å²) in [5.41, 5.74) is 5.06. The molecule has 0 aromatic heterocycles. The summed E-state index contributed by atoms with van der Waals surface area (Å²) in [4.78, 5) is 14.5. The number of rotatable bonds is 10. The lowest BCUT2D eigenvalue weighted by Gasteiger charge is -2.37. The average Bonchev–Trinajstić information content (AvgIpc) is 3.21. The van der Waals surface area contributed by atoms with Crippen molar-refractivity contribution in [1.82, 2.24) is 10.2 Å². The van der Waals surface area contributed by atoms with Crippen LogP contribution in [0.25, 0.3) is 0 Å². The monoisotopic (exact) mass is 295 g/mol. The Morgan fingerprint density at radius 1 is 1.19 bits per heavy atom. The van der Waals surface area contributed by atoms with Crippen LogP contribution in [0.4, 0.5) is 0 Å². The molecule has 2 aliphatic carbocycles. The number of nitrogens with one attached hydrogen (secondary N) is 1. The molecule has 4 heteroatoms. The SMILES string of the molecule is CC(C)NC(C)(CC(C)N(CC1CC1)CC1CC1)C(N)=O. The molecule has 0 aromatic rings. The Morgan fingerprint density at radius 3 is 2.00 bits per heavy atom. The van der Waals surface area contributed by atoms with Gasteiger partial charge in [0, 0.05) is 25.2 Å². The van der Waals surface area contributed by atoms with Gasteiger partial charge >= 0.3 is 0 Å². The van der Waals surface area contributed by atoms with Crippen molar-refractivity contribution < 1.29 is 4.79 Å². The number of carbonyl (C=O) groups is 1. The van der Waals surface area contributed by atoms with Gasteiger partial charge in [-0.3, -0.25) is 4.79 Å². The van der Waals surface area contributed by atoms with Gasteiger partial charge in [-0.15, -0.1) is 0 Å². The molecule has 0 spiro atoms. The molecule has 21 heavy (non-hydrogen) atoms. The molecule has 2 unspecified atom stereocenters. The van der Waals surface area contributed by atoms with E-state index in [0.29, 0.717) is 6.04 Å². The minimum absolute atomic E-state index is 0.235. The summed E-state index contributed by atoms with van der Waals surface area (Å²) >= 11 is 0. The number of hydrogen-bond donors (Lipinski definition) is 2. The van der Waals surface area contributed by atoms with Gasteiger partial charge < -0.3 is 16.0 Å². The summed E-state index contributed by atoms with van der Waals surface area (Å²) < 4.78 is 0. The van der Waals surface area contributed by atoms with Crippen molar-refractivity contribution in [2.24, 2.45) is 17.6 Å². The molecule has 0 saturated heterocycles. The van der Waals surface area contributed by atoms with Gasteiger partial charge in [0.25, 0.3) is 0 Å². The van der Waals surface area contributed by atoms with Crippen molar-refractivity contribution in [3.05, 3.63) is 0 Å². The molecule has 0 aliphatic heterocycles. The molecule has 0 heterocycles. The molecule has 0 bridgehead atoms.